The molecule has 0 aromatic heterocycles. The molecule has 2 N–H and O–H groups in total. The lowest BCUT2D eigenvalue weighted by Gasteiger charge is -2.11. The third-order valence-corrected chi connectivity index (χ3v) is 4.20. The standard InChI is InChI=1S/C23H24N2O2/c1-17-7-5-10-20(13-17)25-23(26)16-27-21-11-6-9-19(14-21)15-24-22-12-4-3-8-18(22)2/h3-14,24H,15-16H2,1-2H3,(H,25,26). The predicted octanol–water partition coefficient (Wildman–Crippen LogP) is 4.93. The molecule has 3 aromatic rings. The van der Waals surface area contributed by atoms with Gasteiger partial charge in [-0.25, -0.2) is 0 Å². The van der Waals surface area contributed by atoms with Gasteiger partial charge in [-0.2, -0.15) is 0 Å². The molecule has 3 rings (SSSR count). The summed E-state index contributed by atoms with van der Waals surface area (Å²) in [6, 6.07) is 23.6. The molecule has 1 amide bonds. The van der Waals surface area contributed by atoms with Gasteiger partial charge >= 0.3 is 0 Å². The summed E-state index contributed by atoms with van der Waals surface area (Å²) in [4.78, 5) is 12.1. The largest absolute Gasteiger partial charge is 0.484 e. The Balaban J connectivity index is 1.53. The topological polar surface area (TPSA) is 50.4 Å². The molecular formula is C23H24N2O2. The molecule has 0 aliphatic heterocycles. The minimum absolute atomic E-state index is 0.0252. The van der Waals surface area contributed by atoms with E-state index in [-0.39, 0.29) is 12.5 Å². The quantitative estimate of drug-likeness (QED) is 0.628. The Labute approximate surface area is 160 Å². The second kappa shape index (κ2) is 8.90. The normalized spacial score (nSPS) is 10.3. The van der Waals surface area contributed by atoms with Crippen molar-refractivity contribution in [2.24, 2.45) is 0 Å². The highest BCUT2D eigenvalue weighted by molar-refractivity contribution is 5.91. The lowest BCUT2D eigenvalue weighted by Crippen LogP contribution is -2.20. The van der Waals surface area contributed by atoms with E-state index in [0.29, 0.717) is 12.3 Å². The Morgan fingerprint density at radius 1 is 0.926 bits per heavy atom. The highest BCUT2D eigenvalue weighted by atomic mass is 16.5. The van der Waals surface area contributed by atoms with Crippen LogP contribution >= 0.6 is 0 Å². The van der Waals surface area contributed by atoms with Crippen molar-refractivity contribution in [1.29, 1.82) is 0 Å². The summed E-state index contributed by atoms with van der Waals surface area (Å²) >= 11 is 0. The van der Waals surface area contributed by atoms with Crippen LogP contribution in [0.2, 0.25) is 0 Å². The first-order valence-corrected chi connectivity index (χ1v) is 8.98. The molecule has 0 fully saturated rings. The van der Waals surface area contributed by atoms with Crippen molar-refractivity contribution in [3.8, 4) is 5.75 Å². The number of amides is 1. The lowest BCUT2D eigenvalue weighted by molar-refractivity contribution is -0.118. The molecule has 0 unspecified atom stereocenters. The van der Waals surface area contributed by atoms with E-state index >= 15 is 0 Å². The number of para-hydroxylation sites is 1. The van der Waals surface area contributed by atoms with Gasteiger partial charge in [0, 0.05) is 17.9 Å². The minimum atomic E-state index is -0.177. The maximum Gasteiger partial charge on any atom is 0.262 e. The number of rotatable bonds is 7. The Morgan fingerprint density at radius 3 is 2.56 bits per heavy atom. The van der Waals surface area contributed by atoms with Gasteiger partial charge in [0.25, 0.3) is 5.91 Å². The second-order valence-electron chi connectivity index (χ2n) is 6.52. The van der Waals surface area contributed by atoms with Crippen LogP contribution < -0.4 is 15.4 Å². The van der Waals surface area contributed by atoms with E-state index in [9.17, 15) is 4.79 Å². The van der Waals surface area contributed by atoms with Crippen molar-refractivity contribution in [1.82, 2.24) is 0 Å². The smallest absolute Gasteiger partial charge is 0.262 e. The highest BCUT2D eigenvalue weighted by Gasteiger charge is 2.05. The molecule has 0 saturated heterocycles. The molecule has 0 aliphatic rings. The van der Waals surface area contributed by atoms with Gasteiger partial charge in [-0.3, -0.25) is 4.79 Å². The van der Waals surface area contributed by atoms with E-state index in [1.165, 1.54) is 5.56 Å². The molecule has 0 saturated carbocycles. The molecular weight excluding hydrogens is 336 g/mol. The fraction of sp³-hybridized carbons (Fsp3) is 0.174. The van der Waals surface area contributed by atoms with Crippen molar-refractivity contribution in [2.75, 3.05) is 17.2 Å². The van der Waals surface area contributed by atoms with Crippen LogP contribution in [0.15, 0.2) is 72.8 Å². The first-order valence-electron chi connectivity index (χ1n) is 8.98. The van der Waals surface area contributed by atoms with Crippen LogP contribution in [0.3, 0.4) is 0 Å². The predicted molar refractivity (Wildman–Crippen MR) is 110 cm³/mol. The molecule has 3 aromatic carbocycles. The third-order valence-electron chi connectivity index (χ3n) is 4.20. The van der Waals surface area contributed by atoms with Crippen LogP contribution in [0.1, 0.15) is 16.7 Å². The molecule has 0 heterocycles. The van der Waals surface area contributed by atoms with E-state index in [1.807, 2.05) is 67.6 Å². The van der Waals surface area contributed by atoms with Gasteiger partial charge in [-0.05, 0) is 60.9 Å². The summed E-state index contributed by atoms with van der Waals surface area (Å²) in [5.74, 6) is 0.502. The number of anilines is 2. The van der Waals surface area contributed by atoms with E-state index in [0.717, 1.165) is 22.5 Å². The van der Waals surface area contributed by atoms with Crippen LogP contribution in [-0.4, -0.2) is 12.5 Å². The summed E-state index contributed by atoms with van der Waals surface area (Å²) in [6.07, 6.45) is 0. The maximum atomic E-state index is 12.1. The van der Waals surface area contributed by atoms with Gasteiger partial charge in [0.2, 0.25) is 0 Å². The van der Waals surface area contributed by atoms with Crippen LogP contribution in [0.4, 0.5) is 11.4 Å². The van der Waals surface area contributed by atoms with Gasteiger partial charge < -0.3 is 15.4 Å². The Morgan fingerprint density at radius 2 is 1.74 bits per heavy atom. The summed E-state index contributed by atoms with van der Waals surface area (Å²) in [7, 11) is 0. The molecule has 0 aliphatic carbocycles. The van der Waals surface area contributed by atoms with E-state index in [2.05, 4.69) is 29.7 Å². The van der Waals surface area contributed by atoms with Gasteiger partial charge in [0.05, 0.1) is 0 Å². The maximum absolute atomic E-state index is 12.1. The number of hydrogen-bond acceptors (Lipinski definition) is 3. The zero-order valence-electron chi connectivity index (χ0n) is 15.7. The van der Waals surface area contributed by atoms with Crippen LogP contribution in [-0.2, 0) is 11.3 Å². The molecule has 4 nitrogen and oxygen atoms in total. The van der Waals surface area contributed by atoms with Gasteiger partial charge in [0.15, 0.2) is 6.61 Å². The zero-order valence-corrected chi connectivity index (χ0v) is 15.7. The SMILES string of the molecule is Cc1cccc(NC(=O)COc2cccc(CNc3ccccc3C)c2)c1. The molecule has 0 bridgehead atoms. The molecule has 0 radical (unpaired) electrons. The molecule has 0 atom stereocenters. The summed E-state index contributed by atoms with van der Waals surface area (Å²) < 4.78 is 5.65. The Hall–Kier alpha value is -3.27. The first-order chi connectivity index (χ1) is 13.1. The second-order valence-corrected chi connectivity index (χ2v) is 6.52. The van der Waals surface area contributed by atoms with Gasteiger partial charge in [0.1, 0.15) is 5.75 Å². The Kier molecular flexibility index (Phi) is 6.10. The summed E-state index contributed by atoms with van der Waals surface area (Å²) in [5.41, 5.74) is 5.29. The zero-order chi connectivity index (χ0) is 19.1. The van der Waals surface area contributed by atoms with E-state index < -0.39 is 0 Å². The Bertz CT molecular complexity index is 922. The van der Waals surface area contributed by atoms with Crippen molar-refractivity contribution >= 4 is 17.3 Å². The van der Waals surface area contributed by atoms with Crippen molar-refractivity contribution in [3.05, 3.63) is 89.5 Å². The number of ether oxygens (including phenoxy) is 1. The molecule has 138 valence electrons. The summed E-state index contributed by atoms with van der Waals surface area (Å²) in [6.45, 7) is 4.73. The number of hydrogen-bond donors (Lipinski definition) is 2. The van der Waals surface area contributed by atoms with Gasteiger partial charge in [-0.1, -0.05) is 42.5 Å². The molecule has 0 spiro atoms. The van der Waals surface area contributed by atoms with Gasteiger partial charge in [-0.15, -0.1) is 0 Å². The number of nitrogens with one attached hydrogen (secondary N) is 2. The third kappa shape index (κ3) is 5.61. The van der Waals surface area contributed by atoms with E-state index in [1.54, 1.807) is 0 Å². The number of carbonyl (C=O) groups excluding carboxylic acids is 1. The average molecular weight is 360 g/mol. The first kappa shape index (κ1) is 18.5. The highest BCUT2D eigenvalue weighted by Crippen LogP contribution is 2.17. The minimum Gasteiger partial charge on any atom is -0.484 e. The molecule has 4 heteroatoms. The van der Waals surface area contributed by atoms with Crippen LogP contribution in [0, 0.1) is 13.8 Å². The van der Waals surface area contributed by atoms with Crippen LogP contribution in [0.5, 0.6) is 5.75 Å². The van der Waals surface area contributed by atoms with Crippen molar-refractivity contribution in [3.63, 3.8) is 0 Å². The number of benzene rings is 3. The monoisotopic (exact) mass is 360 g/mol. The lowest BCUT2D eigenvalue weighted by atomic mass is 10.1. The van der Waals surface area contributed by atoms with Crippen molar-refractivity contribution in [2.45, 2.75) is 20.4 Å². The number of aryl methyl sites for hydroxylation is 2. The van der Waals surface area contributed by atoms with Crippen molar-refractivity contribution < 1.29 is 9.53 Å². The van der Waals surface area contributed by atoms with E-state index in [4.69, 9.17) is 4.74 Å². The fourth-order valence-electron chi connectivity index (χ4n) is 2.78. The fourth-order valence-corrected chi connectivity index (χ4v) is 2.78. The number of carbonyl (C=O) groups is 1. The molecule has 27 heavy (non-hydrogen) atoms. The average Bonchev–Trinajstić information content (AvgIpc) is 2.66. The summed E-state index contributed by atoms with van der Waals surface area (Å²) in [5, 5.41) is 6.27. The van der Waals surface area contributed by atoms with Crippen LogP contribution in [0.25, 0.3) is 0 Å².